The molecule has 0 radical (unpaired) electrons. The first kappa shape index (κ1) is 13.3. The largest absolute Gasteiger partial charge is 0.220 e. The molecule has 2 aromatic rings. The van der Waals surface area contributed by atoms with Crippen LogP contribution in [-0.4, -0.2) is 15.0 Å². The van der Waals surface area contributed by atoms with E-state index >= 15 is 0 Å². The fraction of sp³-hybridized carbons (Fsp3) is 0.429. The normalized spacial score (nSPS) is 12.6. The van der Waals surface area contributed by atoms with Crippen LogP contribution in [0.4, 0.5) is 0 Å². The quantitative estimate of drug-likeness (QED) is 0.780. The number of halogens is 1. The van der Waals surface area contributed by atoms with Gasteiger partial charge >= 0.3 is 0 Å². The summed E-state index contributed by atoms with van der Waals surface area (Å²) < 4.78 is 1.82. The Morgan fingerprint density at radius 1 is 1.28 bits per heavy atom. The molecule has 0 bridgehead atoms. The van der Waals surface area contributed by atoms with Crippen molar-refractivity contribution in [2.75, 3.05) is 0 Å². The number of hydrogen-bond acceptors (Lipinski definition) is 2. The molecule has 96 valence electrons. The third-order valence-electron chi connectivity index (χ3n) is 2.94. The molecular formula is C14H18BrN3. The summed E-state index contributed by atoms with van der Waals surface area (Å²) in [4.78, 5) is 0.232. The van der Waals surface area contributed by atoms with Crippen LogP contribution in [0.25, 0.3) is 5.69 Å². The fourth-order valence-electron chi connectivity index (χ4n) is 1.78. The van der Waals surface area contributed by atoms with Gasteiger partial charge in [0.25, 0.3) is 0 Å². The number of nitrogens with zero attached hydrogens (tertiary/aromatic N) is 3. The van der Waals surface area contributed by atoms with Crippen LogP contribution in [0.1, 0.15) is 42.8 Å². The highest BCUT2D eigenvalue weighted by Crippen LogP contribution is 2.19. The monoisotopic (exact) mass is 307 g/mol. The van der Waals surface area contributed by atoms with Crippen LogP contribution in [0.3, 0.4) is 0 Å². The van der Waals surface area contributed by atoms with Crippen LogP contribution in [-0.2, 0) is 6.42 Å². The van der Waals surface area contributed by atoms with Crippen molar-refractivity contribution in [3.63, 3.8) is 0 Å². The molecule has 1 unspecified atom stereocenters. The summed E-state index contributed by atoms with van der Waals surface area (Å²) in [5, 5.41) is 8.27. The van der Waals surface area contributed by atoms with Gasteiger partial charge in [-0.25, -0.2) is 4.68 Å². The number of rotatable bonds is 5. The highest BCUT2D eigenvalue weighted by molar-refractivity contribution is 9.09. The van der Waals surface area contributed by atoms with Gasteiger partial charge in [0.1, 0.15) is 0 Å². The zero-order valence-corrected chi connectivity index (χ0v) is 12.4. The molecule has 2 rings (SSSR count). The molecule has 3 nitrogen and oxygen atoms in total. The summed E-state index contributed by atoms with van der Waals surface area (Å²) in [5.41, 5.74) is 3.39. The molecule has 0 aliphatic carbocycles. The van der Waals surface area contributed by atoms with Gasteiger partial charge < -0.3 is 0 Å². The van der Waals surface area contributed by atoms with Gasteiger partial charge in [-0.1, -0.05) is 46.6 Å². The number of benzene rings is 1. The SMILES string of the molecule is CCCCc1ccc(-n2cc(C(C)Br)nn2)cc1. The van der Waals surface area contributed by atoms with Crippen molar-refractivity contribution in [1.29, 1.82) is 0 Å². The Labute approximate surface area is 116 Å². The Morgan fingerprint density at radius 2 is 2.00 bits per heavy atom. The summed E-state index contributed by atoms with van der Waals surface area (Å²) in [6.07, 6.45) is 5.59. The second kappa shape index (κ2) is 6.14. The Kier molecular flexibility index (Phi) is 4.53. The summed E-state index contributed by atoms with van der Waals surface area (Å²) in [7, 11) is 0. The third kappa shape index (κ3) is 3.19. The van der Waals surface area contributed by atoms with E-state index in [0.717, 1.165) is 17.8 Å². The van der Waals surface area contributed by atoms with E-state index in [9.17, 15) is 0 Å². The van der Waals surface area contributed by atoms with Gasteiger partial charge in [-0.2, -0.15) is 0 Å². The van der Waals surface area contributed by atoms with Gasteiger partial charge in [0.15, 0.2) is 0 Å². The van der Waals surface area contributed by atoms with E-state index in [1.165, 1.54) is 18.4 Å². The number of aromatic nitrogens is 3. The van der Waals surface area contributed by atoms with Crippen LogP contribution in [0.15, 0.2) is 30.5 Å². The zero-order chi connectivity index (χ0) is 13.0. The molecule has 0 saturated heterocycles. The third-order valence-corrected chi connectivity index (χ3v) is 3.41. The van der Waals surface area contributed by atoms with Crippen LogP contribution in [0.5, 0.6) is 0 Å². The maximum Gasteiger partial charge on any atom is 0.0965 e. The van der Waals surface area contributed by atoms with Gasteiger partial charge in [-0.15, -0.1) is 5.10 Å². The van der Waals surface area contributed by atoms with E-state index in [4.69, 9.17) is 0 Å². The molecule has 0 N–H and O–H groups in total. The molecule has 0 spiro atoms. The summed E-state index contributed by atoms with van der Waals surface area (Å²) in [6, 6.07) is 8.54. The molecule has 4 heteroatoms. The maximum absolute atomic E-state index is 4.14. The van der Waals surface area contributed by atoms with Crippen molar-refractivity contribution in [2.45, 2.75) is 37.9 Å². The Balaban J connectivity index is 2.12. The van der Waals surface area contributed by atoms with Crippen molar-refractivity contribution in [3.05, 3.63) is 41.7 Å². The van der Waals surface area contributed by atoms with Crippen LogP contribution in [0.2, 0.25) is 0 Å². The van der Waals surface area contributed by atoms with Crippen LogP contribution >= 0.6 is 15.9 Å². The number of unbranched alkanes of at least 4 members (excludes halogenated alkanes) is 1. The summed E-state index contributed by atoms with van der Waals surface area (Å²) in [6.45, 7) is 4.26. The number of alkyl halides is 1. The molecule has 18 heavy (non-hydrogen) atoms. The standard InChI is InChI=1S/C14H18BrN3/c1-3-4-5-12-6-8-13(9-7-12)18-10-14(11(2)15)16-17-18/h6-11H,3-5H2,1-2H3. The second-order valence-corrected chi connectivity index (χ2v) is 5.85. The van der Waals surface area contributed by atoms with Crippen LogP contribution in [0, 0.1) is 0 Å². The number of aryl methyl sites for hydroxylation is 1. The highest BCUT2D eigenvalue weighted by atomic mass is 79.9. The summed E-state index contributed by atoms with van der Waals surface area (Å²) in [5.74, 6) is 0. The Morgan fingerprint density at radius 3 is 2.56 bits per heavy atom. The van der Waals surface area contributed by atoms with Gasteiger partial charge in [0.2, 0.25) is 0 Å². The first-order chi connectivity index (χ1) is 8.70. The molecule has 1 atom stereocenters. The Hall–Kier alpha value is -1.16. The lowest BCUT2D eigenvalue weighted by atomic mass is 10.1. The average Bonchev–Trinajstić information content (AvgIpc) is 2.87. The smallest absolute Gasteiger partial charge is 0.0965 e. The van der Waals surface area contributed by atoms with Crippen molar-refractivity contribution in [1.82, 2.24) is 15.0 Å². The minimum Gasteiger partial charge on any atom is -0.220 e. The Bertz CT molecular complexity index is 488. The van der Waals surface area contributed by atoms with Gasteiger partial charge in [-0.05, 0) is 37.5 Å². The van der Waals surface area contributed by atoms with E-state index in [-0.39, 0.29) is 4.83 Å². The molecule has 0 aliphatic rings. The predicted octanol–water partition coefficient (Wildman–Crippen LogP) is 4.07. The van der Waals surface area contributed by atoms with Gasteiger partial charge in [0.05, 0.1) is 22.4 Å². The maximum atomic E-state index is 4.14. The highest BCUT2D eigenvalue weighted by Gasteiger charge is 2.07. The molecular weight excluding hydrogens is 290 g/mol. The van der Waals surface area contributed by atoms with E-state index < -0.39 is 0 Å². The van der Waals surface area contributed by atoms with Gasteiger partial charge in [-0.3, -0.25) is 0 Å². The molecule has 1 heterocycles. The molecule has 0 amide bonds. The zero-order valence-electron chi connectivity index (χ0n) is 10.8. The van der Waals surface area contributed by atoms with E-state index in [1.807, 2.05) is 17.8 Å². The molecule has 1 aromatic heterocycles. The molecule has 1 aromatic carbocycles. The fourth-order valence-corrected chi connectivity index (χ4v) is 1.99. The predicted molar refractivity (Wildman–Crippen MR) is 77.3 cm³/mol. The summed E-state index contributed by atoms with van der Waals surface area (Å²) >= 11 is 3.49. The van der Waals surface area contributed by atoms with Gasteiger partial charge in [0, 0.05) is 0 Å². The van der Waals surface area contributed by atoms with E-state index in [1.54, 1.807) is 0 Å². The first-order valence-electron chi connectivity index (χ1n) is 6.36. The van der Waals surface area contributed by atoms with Crippen molar-refractivity contribution in [2.24, 2.45) is 0 Å². The lowest BCUT2D eigenvalue weighted by molar-refractivity contribution is 0.786. The van der Waals surface area contributed by atoms with Crippen molar-refractivity contribution >= 4 is 15.9 Å². The lowest BCUT2D eigenvalue weighted by Gasteiger charge is -2.03. The van der Waals surface area contributed by atoms with Crippen molar-refractivity contribution in [3.8, 4) is 5.69 Å². The van der Waals surface area contributed by atoms with E-state index in [2.05, 4.69) is 57.4 Å². The lowest BCUT2D eigenvalue weighted by Crippen LogP contribution is -1.95. The minimum absolute atomic E-state index is 0.232. The molecule has 0 aliphatic heterocycles. The van der Waals surface area contributed by atoms with E-state index in [0.29, 0.717) is 0 Å². The topological polar surface area (TPSA) is 30.7 Å². The van der Waals surface area contributed by atoms with Crippen LogP contribution < -0.4 is 0 Å². The number of hydrogen-bond donors (Lipinski definition) is 0. The molecule has 0 saturated carbocycles. The average molecular weight is 308 g/mol. The van der Waals surface area contributed by atoms with Crippen molar-refractivity contribution < 1.29 is 0 Å². The first-order valence-corrected chi connectivity index (χ1v) is 7.28. The minimum atomic E-state index is 0.232. The second-order valence-electron chi connectivity index (χ2n) is 4.47. The molecule has 0 fully saturated rings.